The van der Waals surface area contributed by atoms with Gasteiger partial charge in [-0.3, -0.25) is 0 Å². The summed E-state index contributed by atoms with van der Waals surface area (Å²) in [7, 11) is 1.97. The zero-order chi connectivity index (χ0) is 8.10. The molecule has 4 heteroatoms. The molecule has 11 heavy (non-hydrogen) atoms. The minimum atomic E-state index is 0.391. The molecule has 0 saturated heterocycles. The molecule has 1 aromatic carbocycles. The SMILES string of the molecule is COc1ccc(OB=O)cc1. The van der Waals surface area contributed by atoms with E-state index in [2.05, 4.69) is 4.65 Å². The Balaban J connectivity index is 2.74. The zero-order valence-corrected chi connectivity index (χ0v) is 6.11. The number of rotatable bonds is 3. The van der Waals surface area contributed by atoms with Gasteiger partial charge in [0.15, 0.2) is 0 Å². The number of methoxy groups -OCH3 is 1. The van der Waals surface area contributed by atoms with Gasteiger partial charge >= 0.3 is 64.3 Å². The molecule has 0 atom stereocenters. The van der Waals surface area contributed by atoms with Gasteiger partial charge in [0.05, 0.1) is 0 Å². The second-order valence-electron chi connectivity index (χ2n) is 1.89. The first-order valence-electron chi connectivity index (χ1n) is 3.11. The Hall–Kier alpha value is -1.32. The molecule has 3 nitrogen and oxygen atoms in total. The van der Waals surface area contributed by atoms with Gasteiger partial charge in [-0.05, 0) is 0 Å². The molecule has 0 radical (unpaired) electrons. The Bertz CT molecular complexity index is 232. The van der Waals surface area contributed by atoms with Crippen molar-refractivity contribution >= 4 is 7.35 Å². The molecule has 0 bridgehead atoms. The Morgan fingerprint density at radius 1 is 1.18 bits per heavy atom. The van der Waals surface area contributed by atoms with E-state index in [1.807, 2.05) is 0 Å². The molecule has 1 rings (SSSR count). The van der Waals surface area contributed by atoms with Crippen molar-refractivity contribution < 1.29 is 14.1 Å². The van der Waals surface area contributed by atoms with Crippen LogP contribution in [0.2, 0.25) is 0 Å². The fourth-order valence-corrected chi connectivity index (χ4v) is 0.710. The van der Waals surface area contributed by atoms with Crippen LogP contribution in [0.25, 0.3) is 0 Å². The Labute approximate surface area is 65.2 Å². The van der Waals surface area contributed by atoms with E-state index in [4.69, 9.17) is 4.74 Å². The maximum absolute atomic E-state index is 9.88. The van der Waals surface area contributed by atoms with Crippen LogP contribution in [0.3, 0.4) is 0 Å². The van der Waals surface area contributed by atoms with Gasteiger partial charge in [0, 0.05) is 0 Å². The fourth-order valence-electron chi connectivity index (χ4n) is 0.710. The number of hydrogen-bond donors (Lipinski definition) is 0. The van der Waals surface area contributed by atoms with Crippen LogP contribution < -0.4 is 9.39 Å². The van der Waals surface area contributed by atoms with Crippen molar-refractivity contribution in [2.75, 3.05) is 7.11 Å². The molecule has 0 aromatic heterocycles. The molecule has 0 aliphatic rings. The van der Waals surface area contributed by atoms with Crippen molar-refractivity contribution in [3.8, 4) is 11.5 Å². The van der Waals surface area contributed by atoms with E-state index in [1.54, 1.807) is 31.4 Å². The summed E-state index contributed by atoms with van der Waals surface area (Å²) in [5, 5.41) is 0. The van der Waals surface area contributed by atoms with E-state index in [1.165, 1.54) is 0 Å². The first-order chi connectivity index (χ1) is 5.36. The summed E-state index contributed by atoms with van der Waals surface area (Å²) in [4.78, 5) is 0. The Morgan fingerprint density at radius 2 is 1.73 bits per heavy atom. The van der Waals surface area contributed by atoms with E-state index in [0.717, 1.165) is 5.75 Å². The van der Waals surface area contributed by atoms with Crippen LogP contribution in [0.5, 0.6) is 11.5 Å². The van der Waals surface area contributed by atoms with E-state index >= 15 is 0 Å². The number of hydrogen-bond acceptors (Lipinski definition) is 3. The van der Waals surface area contributed by atoms with Gasteiger partial charge in [0.1, 0.15) is 0 Å². The zero-order valence-electron chi connectivity index (χ0n) is 6.11. The van der Waals surface area contributed by atoms with Gasteiger partial charge in [0.2, 0.25) is 0 Å². The van der Waals surface area contributed by atoms with Gasteiger partial charge in [-0.15, -0.1) is 0 Å². The molecule has 56 valence electrons. The summed E-state index contributed by atoms with van der Waals surface area (Å²) in [5.74, 6) is 1.25. The molecule has 0 aliphatic heterocycles. The molecule has 0 fully saturated rings. The van der Waals surface area contributed by atoms with Crippen molar-refractivity contribution in [2.45, 2.75) is 0 Å². The van der Waals surface area contributed by atoms with Crippen LogP contribution >= 0.6 is 0 Å². The maximum atomic E-state index is 9.88. The van der Waals surface area contributed by atoms with Crippen molar-refractivity contribution in [1.29, 1.82) is 0 Å². The molecule has 0 spiro atoms. The predicted octanol–water partition coefficient (Wildman–Crippen LogP) is 1.04. The average molecular weight is 150 g/mol. The van der Waals surface area contributed by atoms with Crippen molar-refractivity contribution in [1.82, 2.24) is 0 Å². The van der Waals surface area contributed by atoms with Crippen LogP contribution in [0.1, 0.15) is 0 Å². The topological polar surface area (TPSA) is 35.5 Å². The summed E-state index contributed by atoms with van der Waals surface area (Å²) in [6, 6.07) is 6.76. The first-order valence-corrected chi connectivity index (χ1v) is 3.11. The molecule has 0 heterocycles. The summed E-state index contributed by atoms with van der Waals surface area (Å²) < 4.78 is 19.3. The monoisotopic (exact) mass is 150 g/mol. The normalized spacial score (nSPS) is 8.45. The third kappa shape index (κ3) is 2.07. The second-order valence-corrected chi connectivity index (χ2v) is 1.89. The second kappa shape index (κ2) is 3.76. The Kier molecular flexibility index (Phi) is 2.66. The van der Waals surface area contributed by atoms with Gasteiger partial charge in [-0.2, -0.15) is 0 Å². The molecular weight excluding hydrogens is 143 g/mol. The fraction of sp³-hybridized carbons (Fsp3) is 0.143. The third-order valence-electron chi connectivity index (χ3n) is 1.24. The molecule has 0 N–H and O–H groups in total. The van der Waals surface area contributed by atoms with Crippen LogP contribution in [-0.4, -0.2) is 14.5 Å². The molecule has 1 aromatic rings. The van der Waals surface area contributed by atoms with Crippen LogP contribution in [-0.2, 0) is 4.70 Å². The van der Waals surface area contributed by atoms with Gasteiger partial charge in [0.25, 0.3) is 0 Å². The van der Waals surface area contributed by atoms with Crippen LogP contribution in [0.4, 0.5) is 0 Å². The summed E-state index contributed by atoms with van der Waals surface area (Å²) in [6.45, 7) is 0. The average Bonchev–Trinajstić information content (AvgIpc) is 2.07. The van der Waals surface area contributed by atoms with E-state index in [0.29, 0.717) is 13.1 Å². The summed E-state index contributed by atoms with van der Waals surface area (Å²) >= 11 is 0. The van der Waals surface area contributed by atoms with Gasteiger partial charge < -0.3 is 0 Å². The quantitative estimate of drug-likeness (QED) is 0.603. The molecular formula is C7H7BO3. The van der Waals surface area contributed by atoms with Crippen LogP contribution in [0, 0.1) is 0 Å². The molecule has 0 saturated carbocycles. The van der Waals surface area contributed by atoms with Crippen molar-refractivity contribution in [3.63, 3.8) is 0 Å². The van der Waals surface area contributed by atoms with Gasteiger partial charge in [-0.1, -0.05) is 0 Å². The van der Waals surface area contributed by atoms with E-state index < -0.39 is 0 Å². The predicted molar refractivity (Wildman–Crippen MR) is 40.1 cm³/mol. The minimum absolute atomic E-state index is 0.391. The van der Waals surface area contributed by atoms with E-state index in [-0.39, 0.29) is 0 Å². The van der Waals surface area contributed by atoms with Crippen molar-refractivity contribution in [3.05, 3.63) is 24.3 Å². The molecule has 0 aliphatic carbocycles. The standard InChI is InChI=1S/C7H7BO3/c1-10-6-2-4-7(5-3-6)11-8-9/h2-5H,1H3. The summed E-state index contributed by atoms with van der Waals surface area (Å²) in [5.41, 5.74) is 0. The number of ether oxygens (including phenoxy) is 1. The first kappa shape index (κ1) is 7.79. The number of benzene rings is 1. The molecule has 0 amide bonds. The summed E-state index contributed by atoms with van der Waals surface area (Å²) in [6.07, 6.45) is 0. The molecule has 0 unspecified atom stereocenters. The third-order valence-corrected chi connectivity index (χ3v) is 1.24. The van der Waals surface area contributed by atoms with Gasteiger partial charge in [-0.25, -0.2) is 0 Å². The van der Waals surface area contributed by atoms with E-state index in [9.17, 15) is 4.70 Å². The Morgan fingerprint density at radius 3 is 2.18 bits per heavy atom. The van der Waals surface area contributed by atoms with Crippen molar-refractivity contribution in [2.24, 2.45) is 0 Å². The van der Waals surface area contributed by atoms with Crippen LogP contribution in [0.15, 0.2) is 24.3 Å².